The van der Waals surface area contributed by atoms with Gasteiger partial charge in [0.2, 0.25) is 0 Å². The molecule has 1 heterocycles. The van der Waals surface area contributed by atoms with Crippen molar-refractivity contribution >= 4 is 6.09 Å². The first-order valence-corrected chi connectivity index (χ1v) is 7.41. The number of hydrogen-bond acceptors (Lipinski definition) is 3. The van der Waals surface area contributed by atoms with Gasteiger partial charge in [-0.1, -0.05) is 56.3 Å². The van der Waals surface area contributed by atoms with Gasteiger partial charge in [-0.3, -0.25) is 4.90 Å². The monoisotopic (exact) mass is 289 g/mol. The number of carbonyl (C=O) groups is 1. The lowest BCUT2D eigenvalue weighted by Crippen LogP contribution is -2.38. The summed E-state index contributed by atoms with van der Waals surface area (Å²) in [5.41, 5.74) is 0.958. The van der Waals surface area contributed by atoms with Gasteiger partial charge in [-0.05, 0) is 17.9 Å². The summed E-state index contributed by atoms with van der Waals surface area (Å²) in [4.78, 5) is 13.8. The van der Waals surface area contributed by atoms with E-state index in [1.54, 1.807) is 4.90 Å². The quantitative estimate of drug-likeness (QED) is 0.867. The van der Waals surface area contributed by atoms with Crippen molar-refractivity contribution in [1.82, 2.24) is 4.90 Å². The number of nitrogens with zero attached hydrogens (tertiary/aromatic N) is 1. The van der Waals surface area contributed by atoms with Crippen molar-refractivity contribution in [2.45, 2.75) is 39.0 Å². The molecular formula is C17H23NO3. The zero-order valence-corrected chi connectivity index (χ0v) is 12.6. The van der Waals surface area contributed by atoms with E-state index in [2.05, 4.69) is 13.8 Å². The first-order valence-electron chi connectivity index (χ1n) is 7.41. The molecule has 4 heteroatoms. The highest BCUT2D eigenvalue weighted by Gasteiger charge is 2.35. The summed E-state index contributed by atoms with van der Waals surface area (Å²) in [7, 11) is 0. The molecule has 0 bridgehead atoms. The van der Waals surface area contributed by atoms with Crippen molar-refractivity contribution in [1.29, 1.82) is 0 Å². The topological polar surface area (TPSA) is 49.8 Å². The van der Waals surface area contributed by atoms with E-state index < -0.39 is 6.10 Å². The van der Waals surface area contributed by atoms with Crippen molar-refractivity contribution in [3.8, 4) is 0 Å². The fourth-order valence-corrected chi connectivity index (χ4v) is 2.38. The maximum absolute atomic E-state index is 12.2. The SMILES string of the molecule is CC(C)/C=C/[C@@H]1[C@H](O)CCN1C(=O)OCc1ccccc1. The largest absolute Gasteiger partial charge is 0.445 e. The van der Waals surface area contributed by atoms with Gasteiger partial charge in [0, 0.05) is 6.54 Å². The first-order chi connectivity index (χ1) is 10.1. The maximum atomic E-state index is 12.2. The second kappa shape index (κ2) is 7.27. The van der Waals surface area contributed by atoms with Crippen LogP contribution in [0.3, 0.4) is 0 Å². The Hall–Kier alpha value is -1.81. The third-order valence-corrected chi connectivity index (χ3v) is 3.55. The Labute approximate surface area is 126 Å². The highest BCUT2D eigenvalue weighted by molar-refractivity contribution is 5.69. The Morgan fingerprint density at radius 1 is 1.43 bits per heavy atom. The Morgan fingerprint density at radius 2 is 2.14 bits per heavy atom. The fraction of sp³-hybridized carbons (Fsp3) is 0.471. The third kappa shape index (κ3) is 4.33. The Bertz CT molecular complexity index is 484. The van der Waals surface area contributed by atoms with Crippen LogP contribution in [0.1, 0.15) is 25.8 Å². The number of rotatable bonds is 4. The van der Waals surface area contributed by atoms with Crippen LogP contribution in [0.5, 0.6) is 0 Å². The van der Waals surface area contributed by atoms with Crippen molar-refractivity contribution in [3.63, 3.8) is 0 Å². The molecule has 0 aliphatic carbocycles. The normalized spacial score (nSPS) is 22.2. The number of benzene rings is 1. The summed E-state index contributed by atoms with van der Waals surface area (Å²) in [5.74, 6) is 0.389. The average molecular weight is 289 g/mol. The van der Waals surface area contributed by atoms with Gasteiger partial charge in [0.1, 0.15) is 6.61 Å². The van der Waals surface area contributed by atoms with Crippen molar-refractivity contribution < 1.29 is 14.6 Å². The van der Waals surface area contributed by atoms with Gasteiger partial charge in [0.25, 0.3) is 0 Å². The van der Waals surface area contributed by atoms with E-state index in [1.807, 2.05) is 42.5 Å². The predicted molar refractivity (Wildman–Crippen MR) is 81.7 cm³/mol. The summed E-state index contributed by atoms with van der Waals surface area (Å²) < 4.78 is 5.34. The summed E-state index contributed by atoms with van der Waals surface area (Å²) in [6, 6.07) is 9.31. The van der Waals surface area contributed by atoms with Crippen LogP contribution in [0.4, 0.5) is 4.79 Å². The number of carbonyl (C=O) groups excluding carboxylic acids is 1. The molecule has 4 nitrogen and oxygen atoms in total. The van der Waals surface area contributed by atoms with Crippen molar-refractivity contribution in [2.24, 2.45) is 5.92 Å². The second-order valence-electron chi connectivity index (χ2n) is 5.71. The molecule has 1 saturated heterocycles. The molecule has 1 amide bonds. The van der Waals surface area contributed by atoms with E-state index in [0.29, 0.717) is 18.9 Å². The van der Waals surface area contributed by atoms with Gasteiger partial charge < -0.3 is 9.84 Å². The molecule has 0 radical (unpaired) electrons. The zero-order chi connectivity index (χ0) is 15.2. The van der Waals surface area contributed by atoms with Crippen LogP contribution in [0, 0.1) is 5.92 Å². The van der Waals surface area contributed by atoms with Crippen LogP contribution in [0.15, 0.2) is 42.5 Å². The van der Waals surface area contributed by atoms with Crippen LogP contribution < -0.4 is 0 Å². The molecule has 1 aromatic carbocycles. The fourth-order valence-electron chi connectivity index (χ4n) is 2.38. The number of likely N-dealkylation sites (tertiary alicyclic amines) is 1. The number of ether oxygens (including phenoxy) is 1. The molecule has 1 aliphatic heterocycles. The first kappa shape index (κ1) is 15.6. The molecule has 1 fully saturated rings. The lowest BCUT2D eigenvalue weighted by atomic mass is 10.1. The Morgan fingerprint density at radius 3 is 2.81 bits per heavy atom. The molecule has 0 saturated carbocycles. The molecule has 21 heavy (non-hydrogen) atoms. The van der Waals surface area contributed by atoms with Crippen LogP contribution in [-0.4, -0.2) is 34.8 Å². The molecule has 2 atom stereocenters. The van der Waals surface area contributed by atoms with Crippen molar-refractivity contribution in [3.05, 3.63) is 48.0 Å². The minimum absolute atomic E-state index is 0.257. The number of aliphatic hydroxyl groups excluding tert-OH is 1. The molecule has 0 aromatic heterocycles. The standard InChI is InChI=1S/C17H23NO3/c1-13(2)8-9-15-16(19)10-11-18(15)17(20)21-12-14-6-4-3-5-7-14/h3-9,13,15-16,19H,10-12H2,1-2H3/b9-8+/t15-,16-/m1/s1. The van der Waals surface area contributed by atoms with Gasteiger partial charge in [-0.25, -0.2) is 4.79 Å². The highest BCUT2D eigenvalue weighted by atomic mass is 16.6. The van der Waals surface area contributed by atoms with Gasteiger partial charge in [0.05, 0.1) is 12.1 Å². The molecule has 1 aliphatic rings. The summed E-state index contributed by atoms with van der Waals surface area (Å²) >= 11 is 0. The summed E-state index contributed by atoms with van der Waals surface area (Å²) in [5, 5.41) is 10.0. The number of aliphatic hydroxyl groups is 1. The predicted octanol–water partition coefficient (Wildman–Crippen LogP) is 2.97. The molecular weight excluding hydrogens is 266 g/mol. The van der Waals surface area contributed by atoms with E-state index in [0.717, 1.165) is 5.56 Å². The molecule has 1 N–H and O–H groups in total. The summed E-state index contributed by atoms with van der Waals surface area (Å²) in [6.45, 7) is 4.92. The number of amides is 1. The van der Waals surface area contributed by atoms with E-state index in [-0.39, 0.29) is 18.7 Å². The maximum Gasteiger partial charge on any atom is 0.410 e. The molecule has 1 aromatic rings. The van der Waals surface area contributed by atoms with Gasteiger partial charge in [0.15, 0.2) is 0 Å². The minimum Gasteiger partial charge on any atom is -0.445 e. The van der Waals surface area contributed by atoms with Crippen LogP contribution in [0.2, 0.25) is 0 Å². The van der Waals surface area contributed by atoms with E-state index in [1.165, 1.54) is 0 Å². The van der Waals surface area contributed by atoms with Crippen LogP contribution in [0.25, 0.3) is 0 Å². The van der Waals surface area contributed by atoms with E-state index in [9.17, 15) is 9.90 Å². The Kier molecular flexibility index (Phi) is 5.39. The number of allylic oxidation sites excluding steroid dienone is 1. The minimum atomic E-state index is -0.510. The molecule has 0 unspecified atom stereocenters. The van der Waals surface area contributed by atoms with Crippen LogP contribution >= 0.6 is 0 Å². The van der Waals surface area contributed by atoms with Gasteiger partial charge >= 0.3 is 6.09 Å². The van der Waals surface area contributed by atoms with Crippen molar-refractivity contribution in [2.75, 3.05) is 6.54 Å². The second-order valence-corrected chi connectivity index (χ2v) is 5.71. The van der Waals surface area contributed by atoms with E-state index in [4.69, 9.17) is 4.74 Å². The number of hydrogen-bond donors (Lipinski definition) is 1. The zero-order valence-electron chi connectivity index (χ0n) is 12.6. The lowest BCUT2D eigenvalue weighted by Gasteiger charge is -2.23. The van der Waals surface area contributed by atoms with Crippen LogP contribution in [-0.2, 0) is 11.3 Å². The highest BCUT2D eigenvalue weighted by Crippen LogP contribution is 2.21. The average Bonchev–Trinajstić information content (AvgIpc) is 2.85. The third-order valence-electron chi connectivity index (χ3n) is 3.55. The van der Waals surface area contributed by atoms with Gasteiger partial charge in [-0.2, -0.15) is 0 Å². The molecule has 0 spiro atoms. The molecule has 2 rings (SSSR count). The Balaban J connectivity index is 1.94. The van der Waals surface area contributed by atoms with E-state index >= 15 is 0 Å². The summed E-state index contributed by atoms with van der Waals surface area (Å²) in [6.07, 6.45) is 3.63. The van der Waals surface area contributed by atoms with Gasteiger partial charge in [-0.15, -0.1) is 0 Å². The molecule has 114 valence electrons. The lowest BCUT2D eigenvalue weighted by molar-refractivity contribution is 0.0833. The smallest absolute Gasteiger partial charge is 0.410 e.